The summed E-state index contributed by atoms with van der Waals surface area (Å²) < 4.78 is 7.40. The molecule has 0 bridgehead atoms. The topological polar surface area (TPSA) is 43.2 Å². The van der Waals surface area contributed by atoms with E-state index in [4.69, 9.17) is 9.72 Å². The van der Waals surface area contributed by atoms with Gasteiger partial charge in [0.15, 0.2) is 5.13 Å². The van der Waals surface area contributed by atoms with Crippen LogP contribution >= 0.6 is 11.3 Å². The summed E-state index contributed by atoms with van der Waals surface area (Å²) in [5.74, 6) is 0. The number of ether oxygens (including phenoxy) is 1. The van der Waals surface area contributed by atoms with Crippen LogP contribution in [0.25, 0.3) is 11.4 Å². The molecule has 1 saturated heterocycles. The fourth-order valence-electron chi connectivity index (χ4n) is 2.14. The van der Waals surface area contributed by atoms with E-state index < -0.39 is 0 Å². The Kier molecular flexibility index (Phi) is 3.05. The summed E-state index contributed by atoms with van der Waals surface area (Å²) in [6, 6.07) is 1.99. The third-order valence-electron chi connectivity index (χ3n) is 3.09. The van der Waals surface area contributed by atoms with Crippen LogP contribution in [0.3, 0.4) is 0 Å². The van der Waals surface area contributed by atoms with E-state index in [9.17, 15) is 0 Å². The average molecular weight is 264 g/mol. The third kappa shape index (κ3) is 2.13. The maximum atomic E-state index is 5.55. The number of aryl methyl sites for hydroxylation is 1. The van der Waals surface area contributed by atoms with E-state index in [0.717, 1.165) is 36.2 Å². The molecule has 18 heavy (non-hydrogen) atoms. The van der Waals surface area contributed by atoms with E-state index in [1.54, 1.807) is 17.5 Å². The Labute approximate surface area is 110 Å². The van der Waals surface area contributed by atoms with Crippen LogP contribution in [0.4, 0.5) is 5.13 Å². The van der Waals surface area contributed by atoms with Crippen LogP contribution in [0, 0.1) is 0 Å². The monoisotopic (exact) mass is 264 g/mol. The number of hydrogen-bond acceptors (Lipinski definition) is 5. The van der Waals surface area contributed by atoms with Gasteiger partial charge in [0.05, 0.1) is 18.4 Å². The molecule has 96 valence electrons. The molecule has 1 aliphatic rings. The van der Waals surface area contributed by atoms with Crippen LogP contribution in [0.2, 0.25) is 0 Å². The molecule has 3 heterocycles. The van der Waals surface area contributed by atoms with Crippen molar-refractivity contribution < 1.29 is 4.74 Å². The third-order valence-corrected chi connectivity index (χ3v) is 3.99. The summed E-state index contributed by atoms with van der Waals surface area (Å²) in [4.78, 5) is 6.99. The molecule has 1 fully saturated rings. The van der Waals surface area contributed by atoms with Crippen molar-refractivity contribution in [2.75, 3.05) is 24.6 Å². The standard InChI is InChI=1S/C12H16N4OS/c1-9-7-16(5-6-17-9)12-14-10(8-18-12)11-3-4-13-15(11)2/h3-4,8-9H,5-7H2,1-2H3. The molecule has 1 unspecified atom stereocenters. The van der Waals surface area contributed by atoms with E-state index in [1.807, 2.05) is 17.8 Å². The van der Waals surface area contributed by atoms with Crippen LogP contribution < -0.4 is 4.90 Å². The first-order valence-corrected chi connectivity index (χ1v) is 6.92. The summed E-state index contributed by atoms with van der Waals surface area (Å²) >= 11 is 1.68. The molecule has 0 radical (unpaired) electrons. The Morgan fingerprint density at radius 1 is 1.50 bits per heavy atom. The lowest BCUT2D eigenvalue weighted by atomic mass is 10.3. The van der Waals surface area contributed by atoms with Gasteiger partial charge >= 0.3 is 0 Å². The molecule has 0 aliphatic carbocycles. The summed E-state index contributed by atoms with van der Waals surface area (Å²) in [6.07, 6.45) is 2.08. The van der Waals surface area contributed by atoms with Crippen molar-refractivity contribution in [1.29, 1.82) is 0 Å². The second-order valence-electron chi connectivity index (χ2n) is 4.48. The van der Waals surface area contributed by atoms with Crippen LogP contribution in [-0.4, -0.2) is 40.6 Å². The van der Waals surface area contributed by atoms with Gasteiger partial charge in [0.25, 0.3) is 0 Å². The quantitative estimate of drug-likeness (QED) is 0.829. The molecular weight excluding hydrogens is 248 g/mol. The largest absolute Gasteiger partial charge is 0.375 e. The van der Waals surface area contributed by atoms with Gasteiger partial charge in [-0.15, -0.1) is 11.3 Å². The minimum absolute atomic E-state index is 0.280. The van der Waals surface area contributed by atoms with Crippen molar-refractivity contribution in [2.24, 2.45) is 7.05 Å². The van der Waals surface area contributed by atoms with Crippen molar-refractivity contribution in [3.63, 3.8) is 0 Å². The first-order valence-electron chi connectivity index (χ1n) is 6.04. The van der Waals surface area contributed by atoms with E-state index in [1.165, 1.54) is 0 Å². The molecule has 2 aromatic heterocycles. The van der Waals surface area contributed by atoms with Gasteiger partial charge in [-0.2, -0.15) is 5.10 Å². The summed E-state index contributed by atoms with van der Waals surface area (Å²) in [6.45, 7) is 4.71. The second-order valence-corrected chi connectivity index (χ2v) is 5.32. The van der Waals surface area contributed by atoms with Crippen LogP contribution in [-0.2, 0) is 11.8 Å². The van der Waals surface area contributed by atoms with Crippen LogP contribution in [0.15, 0.2) is 17.6 Å². The molecular formula is C12H16N4OS. The normalized spacial score (nSPS) is 20.3. The smallest absolute Gasteiger partial charge is 0.186 e. The highest BCUT2D eigenvalue weighted by molar-refractivity contribution is 7.14. The number of nitrogens with zero attached hydrogens (tertiary/aromatic N) is 4. The maximum Gasteiger partial charge on any atom is 0.186 e. The lowest BCUT2D eigenvalue weighted by molar-refractivity contribution is 0.0532. The molecule has 0 aromatic carbocycles. The number of thiazole rings is 1. The minimum Gasteiger partial charge on any atom is -0.375 e. The number of hydrogen-bond donors (Lipinski definition) is 0. The fraction of sp³-hybridized carbons (Fsp3) is 0.500. The first kappa shape index (κ1) is 11.7. The van der Waals surface area contributed by atoms with Crippen molar-refractivity contribution >= 4 is 16.5 Å². The van der Waals surface area contributed by atoms with Gasteiger partial charge in [-0.3, -0.25) is 4.68 Å². The SMILES string of the molecule is CC1CN(c2nc(-c3ccnn3C)cs2)CCO1. The molecule has 3 rings (SSSR count). The van der Waals surface area contributed by atoms with Crippen LogP contribution in [0.1, 0.15) is 6.92 Å². The van der Waals surface area contributed by atoms with E-state index in [0.29, 0.717) is 0 Å². The number of aromatic nitrogens is 3. The highest BCUT2D eigenvalue weighted by Crippen LogP contribution is 2.27. The lowest BCUT2D eigenvalue weighted by Crippen LogP contribution is -2.41. The predicted molar refractivity (Wildman–Crippen MR) is 71.9 cm³/mol. The van der Waals surface area contributed by atoms with Crippen molar-refractivity contribution in [1.82, 2.24) is 14.8 Å². The maximum absolute atomic E-state index is 5.55. The summed E-state index contributed by atoms with van der Waals surface area (Å²) in [5, 5.41) is 7.33. The van der Waals surface area contributed by atoms with Crippen molar-refractivity contribution in [2.45, 2.75) is 13.0 Å². The molecule has 2 aromatic rings. The predicted octanol–water partition coefficient (Wildman–Crippen LogP) is 1.77. The van der Waals surface area contributed by atoms with Gasteiger partial charge in [0.1, 0.15) is 5.69 Å². The second kappa shape index (κ2) is 4.70. The van der Waals surface area contributed by atoms with Crippen molar-refractivity contribution in [3.05, 3.63) is 17.6 Å². The van der Waals surface area contributed by atoms with Crippen molar-refractivity contribution in [3.8, 4) is 11.4 Å². The average Bonchev–Trinajstić information content (AvgIpc) is 2.97. The summed E-state index contributed by atoms with van der Waals surface area (Å²) in [7, 11) is 1.94. The Hall–Kier alpha value is -1.40. The molecule has 0 saturated carbocycles. The van der Waals surface area contributed by atoms with Gasteiger partial charge in [-0.1, -0.05) is 0 Å². The van der Waals surface area contributed by atoms with Gasteiger partial charge in [-0.05, 0) is 13.0 Å². The van der Waals surface area contributed by atoms with E-state index >= 15 is 0 Å². The summed E-state index contributed by atoms with van der Waals surface area (Å²) in [5.41, 5.74) is 2.05. The zero-order chi connectivity index (χ0) is 12.5. The Morgan fingerprint density at radius 3 is 3.11 bits per heavy atom. The molecule has 5 nitrogen and oxygen atoms in total. The molecule has 0 amide bonds. The molecule has 6 heteroatoms. The fourth-order valence-corrected chi connectivity index (χ4v) is 3.00. The molecule has 1 aliphatic heterocycles. The van der Waals surface area contributed by atoms with Gasteiger partial charge < -0.3 is 9.64 Å². The number of anilines is 1. The lowest BCUT2D eigenvalue weighted by Gasteiger charge is -2.30. The number of morpholine rings is 1. The molecule has 0 N–H and O–H groups in total. The minimum atomic E-state index is 0.280. The zero-order valence-corrected chi connectivity index (χ0v) is 11.4. The van der Waals surface area contributed by atoms with Gasteiger partial charge in [0, 0.05) is 31.7 Å². The molecule has 0 spiro atoms. The van der Waals surface area contributed by atoms with Gasteiger partial charge in [-0.25, -0.2) is 4.98 Å². The van der Waals surface area contributed by atoms with Crippen LogP contribution in [0.5, 0.6) is 0 Å². The first-order chi connectivity index (χ1) is 8.74. The number of rotatable bonds is 2. The highest BCUT2D eigenvalue weighted by atomic mass is 32.1. The Morgan fingerprint density at radius 2 is 2.39 bits per heavy atom. The van der Waals surface area contributed by atoms with E-state index in [-0.39, 0.29) is 6.10 Å². The van der Waals surface area contributed by atoms with Gasteiger partial charge in [0.2, 0.25) is 0 Å². The highest BCUT2D eigenvalue weighted by Gasteiger charge is 2.20. The van der Waals surface area contributed by atoms with E-state index in [2.05, 4.69) is 22.3 Å². The zero-order valence-electron chi connectivity index (χ0n) is 10.5. The Bertz CT molecular complexity index is 536. The Balaban J connectivity index is 1.83. The molecule has 1 atom stereocenters.